The molecule has 1 aliphatic rings. The standard InChI is InChI=1S/C21H18N2O3/c1-25-16-10-8-15(9-11-16)23-20(13-12-17-5-4-14-26-17)22-19-7-3-2-6-18(19)21(23)24/h2-14,20,22H,1H3/b13-12+/t20-/m0/s1. The van der Waals surface area contributed by atoms with Crippen LogP contribution < -0.4 is 15.0 Å². The zero-order valence-corrected chi connectivity index (χ0v) is 14.3. The fourth-order valence-electron chi connectivity index (χ4n) is 3.00. The van der Waals surface area contributed by atoms with Crippen molar-refractivity contribution < 1.29 is 13.9 Å². The third kappa shape index (κ3) is 2.95. The Morgan fingerprint density at radius 3 is 2.62 bits per heavy atom. The molecule has 1 amide bonds. The number of carbonyl (C=O) groups excluding carboxylic acids is 1. The van der Waals surface area contributed by atoms with Gasteiger partial charge in [-0.05, 0) is 60.7 Å². The number of carbonyl (C=O) groups is 1. The van der Waals surface area contributed by atoms with E-state index < -0.39 is 0 Å². The van der Waals surface area contributed by atoms with Crippen LogP contribution in [0.15, 0.2) is 77.4 Å². The van der Waals surface area contributed by atoms with E-state index in [2.05, 4.69) is 5.32 Å². The number of nitrogens with zero attached hydrogens (tertiary/aromatic N) is 1. The smallest absolute Gasteiger partial charge is 0.262 e. The van der Waals surface area contributed by atoms with E-state index in [0.29, 0.717) is 5.56 Å². The summed E-state index contributed by atoms with van der Waals surface area (Å²) in [5.41, 5.74) is 2.24. The molecule has 26 heavy (non-hydrogen) atoms. The lowest BCUT2D eigenvalue weighted by molar-refractivity contribution is 0.0980. The van der Waals surface area contributed by atoms with Gasteiger partial charge in [0, 0.05) is 11.4 Å². The van der Waals surface area contributed by atoms with Crippen molar-refractivity contribution in [2.45, 2.75) is 6.17 Å². The summed E-state index contributed by atoms with van der Waals surface area (Å²) in [6.07, 6.45) is 5.05. The Balaban J connectivity index is 1.74. The summed E-state index contributed by atoms with van der Waals surface area (Å²) in [5, 5.41) is 3.41. The van der Waals surface area contributed by atoms with Crippen molar-refractivity contribution in [3.05, 3.63) is 84.3 Å². The summed E-state index contributed by atoms with van der Waals surface area (Å²) in [6.45, 7) is 0. The third-order valence-electron chi connectivity index (χ3n) is 4.29. The second-order valence-corrected chi connectivity index (χ2v) is 5.88. The first-order valence-corrected chi connectivity index (χ1v) is 8.31. The number of ether oxygens (including phenoxy) is 1. The molecule has 130 valence electrons. The molecular weight excluding hydrogens is 328 g/mol. The summed E-state index contributed by atoms with van der Waals surface area (Å²) >= 11 is 0. The fourth-order valence-corrected chi connectivity index (χ4v) is 3.00. The molecule has 1 atom stereocenters. The Labute approximate surface area is 151 Å². The summed E-state index contributed by atoms with van der Waals surface area (Å²) in [4.78, 5) is 14.9. The molecule has 3 aromatic rings. The van der Waals surface area contributed by atoms with Gasteiger partial charge >= 0.3 is 0 Å². The highest BCUT2D eigenvalue weighted by Gasteiger charge is 2.31. The van der Waals surface area contributed by atoms with Crippen molar-refractivity contribution in [2.24, 2.45) is 0 Å². The Kier molecular flexibility index (Phi) is 4.19. The number of furan rings is 1. The van der Waals surface area contributed by atoms with E-state index in [-0.39, 0.29) is 12.1 Å². The molecule has 1 aliphatic heterocycles. The largest absolute Gasteiger partial charge is 0.497 e. The fraction of sp³-hybridized carbons (Fsp3) is 0.0952. The van der Waals surface area contributed by atoms with Gasteiger partial charge in [0.2, 0.25) is 0 Å². The highest BCUT2D eigenvalue weighted by molar-refractivity contribution is 6.12. The monoisotopic (exact) mass is 346 g/mol. The number of hydrogen-bond donors (Lipinski definition) is 1. The molecule has 1 aromatic heterocycles. The van der Waals surface area contributed by atoms with E-state index in [0.717, 1.165) is 22.9 Å². The molecule has 2 heterocycles. The molecule has 0 bridgehead atoms. The van der Waals surface area contributed by atoms with Gasteiger partial charge in [-0.25, -0.2) is 0 Å². The van der Waals surface area contributed by atoms with Crippen molar-refractivity contribution >= 4 is 23.4 Å². The van der Waals surface area contributed by atoms with Crippen LogP contribution >= 0.6 is 0 Å². The Bertz CT molecular complexity index is 930. The minimum absolute atomic E-state index is 0.0568. The van der Waals surface area contributed by atoms with E-state index in [4.69, 9.17) is 9.15 Å². The van der Waals surface area contributed by atoms with E-state index >= 15 is 0 Å². The van der Waals surface area contributed by atoms with Crippen molar-refractivity contribution in [1.82, 2.24) is 0 Å². The highest BCUT2D eigenvalue weighted by Crippen LogP contribution is 2.31. The molecule has 4 rings (SSSR count). The molecule has 0 aliphatic carbocycles. The van der Waals surface area contributed by atoms with Crippen LogP contribution in [0.25, 0.3) is 6.08 Å². The van der Waals surface area contributed by atoms with E-state index in [9.17, 15) is 4.79 Å². The zero-order valence-electron chi connectivity index (χ0n) is 14.3. The molecule has 0 radical (unpaired) electrons. The van der Waals surface area contributed by atoms with Gasteiger partial charge in [-0.3, -0.25) is 9.69 Å². The number of hydrogen-bond acceptors (Lipinski definition) is 4. The number of nitrogens with one attached hydrogen (secondary N) is 1. The van der Waals surface area contributed by atoms with Gasteiger partial charge in [0.15, 0.2) is 0 Å². The van der Waals surface area contributed by atoms with E-state index in [1.54, 1.807) is 18.3 Å². The van der Waals surface area contributed by atoms with Gasteiger partial charge in [-0.2, -0.15) is 0 Å². The van der Waals surface area contributed by atoms with Crippen molar-refractivity contribution in [1.29, 1.82) is 0 Å². The molecule has 0 fully saturated rings. The van der Waals surface area contributed by atoms with Crippen LogP contribution in [0.1, 0.15) is 16.1 Å². The molecular formula is C21H18N2O3. The Morgan fingerprint density at radius 1 is 1.08 bits per heavy atom. The van der Waals surface area contributed by atoms with Crippen LogP contribution in [-0.4, -0.2) is 19.2 Å². The Hall–Kier alpha value is -3.47. The van der Waals surface area contributed by atoms with E-state index in [1.807, 2.05) is 72.8 Å². The molecule has 0 spiro atoms. The quantitative estimate of drug-likeness (QED) is 0.761. The van der Waals surface area contributed by atoms with E-state index in [1.165, 1.54) is 0 Å². The second-order valence-electron chi connectivity index (χ2n) is 5.88. The van der Waals surface area contributed by atoms with Crippen LogP contribution in [-0.2, 0) is 0 Å². The first-order chi connectivity index (χ1) is 12.8. The first-order valence-electron chi connectivity index (χ1n) is 8.31. The highest BCUT2D eigenvalue weighted by atomic mass is 16.5. The van der Waals surface area contributed by atoms with Crippen LogP contribution in [0, 0.1) is 0 Å². The van der Waals surface area contributed by atoms with Crippen LogP contribution in [0.3, 0.4) is 0 Å². The van der Waals surface area contributed by atoms with Gasteiger partial charge in [0.25, 0.3) is 5.91 Å². The SMILES string of the molecule is COc1ccc(N2C(=O)c3ccccc3N[C@@H]2/C=C/c2ccco2)cc1. The van der Waals surface area contributed by atoms with Gasteiger partial charge in [0.1, 0.15) is 17.7 Å². The maximum Gasteiger partial charge on any atom is 0.262 e. The number of fused-ring (bicyclic) bond motifs is 1. The second kappa shape index (κ2) is 6.80. The number of rotatable bonds is 4. The Morgan fingerprint density at radius 2 is 1.88 bits per heavy atom. The third-order valence-corrected chi connectivity index (χ3v) is 4.29. The normalized spacial score (nSPS) is 16.4. The molecule has 0 unspecified atom stereocenters. The molecule has 5 nitrogen and oxygen atoms in total. The number of benzene rings is 2. The van der Waals surface area contributed by atoms with Crippen LogP contribution in [0.4, 0.5) is 11.4 Å². The average Bonchev–Trinajstić information content (AvgIpc) is 3.20. The minimum Gasteiger partial charge on any atom is -0.497 e. The number of para-hydroxylation sites is 1. The predicted octanol–water partition coefficient (Wildman–Crippen LogP) is 4.40. The van der Waals surface area contributed by atoms with Crippen molar-refractivity contribution in [3.8, 4) is 5.75 Å². The lowest BCUT2D eigenvalue weighted by atomic mass is 10.1. The molecule has 0 saturated carbocycles. The van der Waals surface area contributed by atoms with Crippen molar-refractivity contribution in [2.75, 3.05) is 17.3 Å². The number of methoxy groups -OCH3 is 1. The topological polar surface area (TPSA) is 54.7 Å². The van der Waals surface area contributed by atoms with Crippen LogP contribution in [0.5, 0.6) is 5.75 Å². The minimum atomic E-state index is -0.337. The van der Waals surface area contributed by atoms with Crippen molar-refractivity contribution in [3.63, 3.8) is 0 Å². The average molecular weight is 346 g/mol. The molecule has 2 aromatic carbocycles. The maximum atomic E-state index is 13.1. The summed E-state index contributed by atoms with van der Waals surface area (Å²) in [6, 6.07) is 18.6. The zero-order chi connectivity index (χ0) is 17.9. The lowest BCUT2D eigenvalue weighted by Gasteiger charge is -2.36. The summed E-state index contributed by atoms with van der Waals surface area (Å²) < 4.78 is 10.6. The van der Waals surface area contributed by atoms with Gasteiger partial charge in [0.05, 0.1) is 18.9 Å². The summed E-state index contributed by atoms with van der Waals surface area (Å²) in [5.74, 6) is 1.42. The van der Waals surface area contributed by atoms with Gasteiger partial charge in [-0.15, -0.1) is 0 Å². The predicted molar refractivity (Wildman–Crippen MR) is 101 cm³/mol. The van der Waals surface area contributed by atoms with Gasteiger partial charge in [-0.1, -0.05) is 12.1 Å². The molecule has 5 heteroatoms. The first kappa shape index (κ1) is 16.0. The number of amides is 1. The molecule has 1 N–H and O–H groups in total. The summed E-state index contributed by atoms with van der Waals surface area (Å²) in [7, 11) is 1.62. The molecule has 0 saturated heterocycles. The number of anilines is 2. The maximum absolute atomic E-state index is 13.1. The van der Waals surface area contributed by atoms with Gasteiger partial charge < -0.3 is 14.5 Å². The van der Waals surface area contributed by atoms with Crippen LogP contribution in [0.2, 0.25) is 0 Å². The lowest BCUT2D eigenvalue weighted by Crippen LogP contribution is -2.48.